The molecule has 0 spiro atoms. The number of likely N-dealkylation sites (N-methyl/N-ethyl adjacent to an activating group) is 1. The minimum Gasteiger partial charge on any atom is -0.343 e. The predicted molar refractivity (Wildman–Crippen MR) is 126 cm³/mol. The van der Waals surface area contributed by atoms with Gasteiger partial charge in [0.15, 0.2) is 5.17 Å². The van der Waals surface area contributed by atoms with Crippen molar-refractivity contribution in [3.63, 3.8) is 0 Å². The first-order valence-corrected chi connectivity index (χ1v) is 11.8. The number of allylic oxidation sites excluding steroid dienone is 1. The number of amides is 1. The number of benzene rings is 2. The van der Waals surface area contributed by atoms with Crippen molar-refractivity contribution in [3.8, 4) is 0 Å². The van der Waals surface area contributed by atoms with E-state index in [-0.39, 0.29) is 22.5 Å². The molecule has 2 aromatic rings. The Bertz CT molecular complexity index is 1260. The molecule has 1 saturated heterocycles. The summed E-state index contributed by atoms with van der Waals surface area (Å²) >= 11 is 1.06. The molecule has 158 valence electrons. The van der Waals surface area contributed by atoms with Crippen LogP contribution in [0.25, 0.3) is 6.08 Å². The first-order valence-electron chi connectivity index (χ1n) is 9.59. The Morgan fingerprint density at radius 1 is 1.10 bits per heavy atom. The van der Waals surface area contributed by atoms with Gasteiger partial charge in [-0.25, -0.2) is 0 Å². The van der Waals surface area contributed by atoms with E-state index in [9.17, 15) is 13.2 Å². The largest absolute Gasteiger partial charge is 0.343 e. The first kappa shape index (κ1) is 21.1. The fourth-order valence-corrected chi connectivity index (χ4v) is 5.65. The van der Waals surface area contributed by atoms with Gasteiger partial charge in [-0.1, -0.05) is 48.0 Å². The summed E-state index contributed by atoms with van der Waals surface area (Å²) in [4.78, 5) is 17.0. The van der Waals surface area contributed by atoms with E-state index < -0.39 is 10.0 Å². The summed E-state index contributed by atoms with van der Waals surface area (Å²) in [6, 6.07) is 14.3. The molecule has 0 saturated carbocycles. The molecule has 2 aliphatic rings. The lowest BCUT2D eigenvalue weighted by atomic mass is 10.1. The number of para-hydroxylation sites is 1. The van der Waals surface area contributed by atoms with Crippen molar-refractivity contribution < 1.29 is 13.2 Å². The van der Waals surface area contributed by atoms with Crippen LogP contribution in [0.4, 0.5) is 5.69 Å². The fraction of sp³-hybridized carbons (Fsp3) is 0.130. The van der Waals surface area contributed by atoms with Crippen LogP contribution in [-0.2, 0) is 14.8 Å². The number of aryl methyl sites for hydroxylation is 1. The highest BCUT2D eigenvalue weighted by atomic mass is 32.2. The quantitative estimate of drug-likeness (QED) is 0.515. The van der Waals surface area contributed by atoms with Crippen molar-refractivity contribution in [1.82, 2.24) is 4.90 Å². The molecule has 6 nitrogen and oxygen atoms in total. The van der Waals surface area contributed by atoms with Crippen LogP contribution in [0.15, 0.2) is 87.2 Å². The van der Waals surface area contributed by atoms with Gasteiger partial charge in [-0.3, -0.25) is 9.69 Å². The summed E-state index contributed by atoms with van der Waals surface area (Å²) in [6.07, 6.45) is 5.36. The Hall–Kier alpha value is -3.10. The molecule has 2 aliphatic heterocycles. The fourth-order valence-electron chi connectivity index (χ4n) is 3.36. The molecule has 31 heavy (non-hydrogen) atoms. The van der Waals surface area contributed by atoms with E-state index in [2.05, 4.69) is 11.0 Å². The zero-order chi connectivity index (χ0) is 22.2. The molecule has 0 unspecified atom stereocenters. The minimum absolute atomic E-state index is 0.0851. The average Bonchev–Trinajstić information content (AvgIpc) is 3.04. The maximum atomic E-state index is 13.2. The summed E-state index contributed by atoms with van der Waals surface area (Å²) in [6.45, 7) is 5.73. The third-order valence-corrected chi connectivity index (χ3v) is 7.48. The van der Waals surface area contributed by atoms with Crippen molar-refractivity contribution in [2.75, 3.05) is 18.5 Å². The SMILES string of the molecule is C=CCN1C(=O)/C(=C2\C=Cc3ccccc3N2C)S/C1=N\S(=O)(=O)c1ccc(C)cc1. The second-order valence-corrected chi connectivity index (χ2v) is 9.72. The van der Waals surface area contributed by atoms with Gasteiger partial charge in [-0.2, -0.15) is 8.42 Å². The number of nitrogens with zero attached hydrogens (tertiary/aromatic N) is 3. The standard InChI is InChI=1S/C23H21N3O3S2/c1-4-15-26-22(27)21(20-14-11-17-7-5-6-8-19(17)25(20)3)30-23(26)24-31(28,29)18-12-9-16(2)10-13-18/h4-14H,1,15H2,2-3H3/b21-20-,24-23-. The normalized spacial score (nSPS) is 19.8. The number of amidine groups is 1. The van der Waals surface area contributed by atoms with E-state index >= 15 is 0 Å². The van der Waals surface area contributed by atoms with Gasteiger partial charge in [0.25, 0.3) is 15.9 Å². The highest BCUT2D eigenvalue weighted by Gasteiger charge is 2.37. The molecule has 0 radical (unpaired) electrons. The van der Waals surface area contributed by atoms with Crippen LogP contribution in [-0.4, -0.2) is 38.0 Å². The van der Waals surface area contributed by atoms with E-state index in [1.807, 2.05) is 55.3 Å². The molecule has 0 N–H and O–H groups in total. The summed E-state index contributed by atoms with van der Waals surface area (Å²) < 4.78 is 29.7. The molecular formula is C23H21N3O3S2. The Morgan fingerprint density at radius 2 is 1.81 bits per heavy atom. The summed E-state index contributed by atoms with van der Waals surface area (Å²) in [7, 11) is -2.08. The van der Waals surface area contributed by atoms with E-state index in [1.54, 1.807) is 18.2 Å². The maximum absolute atomic E-state index is 13.2. The first-order chi connectivity index (χ1) is 14.8. The van der Waals surface area contributed by atoms with Gasteiger partial charge >= 0.3 is 0 Å². The lowest BCUT2D eigenvalue weighted by Gasteiger charge is -2.27. The number of sulfonamides is 1. The average molecular weight is 452 g/mol. The Kier molecular flexibility index (Phi) is 5.60. The molecule has 1 amide bonds. The number of hydrogen-bond acceptors (Lipinski definition) is 5. The molecule has 0 atom stereocenters. The van der Waals surface area contributed by atoms with Crippen LogP contribution < -0.4 is 4.90 Å². The Balaban J connectivity index is 1.77. The van der Waals surface area contributed by atoms with Crippen LogP contribution >= 0.6 is 11.8 Å². The van der Waals surface area contributed by atoms with Gasteiger partial charge < -0.3 is 4.90 Å². The minimum atomic E-state index is -3.97. The third-order valence-electron chi connectivity index (χ3n) is 5.01. The van der Waals surface area contributed by atoms with E-state index in [1.165, 1.54) is 17.0 Å². The zero-order valence-electron chi connectivity index (χ0n) is 17.1. The van der Waals surface area contributed by atoms with Crippen LogP contribution in [0.2, 0.25) is 0 Å². The molecule has 0 aromatic heterocycles. The molecule has 1 fully saturated rings. The van der Waals surface area contributed by atoms with Crippen molar-refractivity contribution in [2.24, 2.45) is 4.40 Å². The predicted octanol–water partition coefficient (Wildman–Crippen LogP) is 4.18. The second kappa shape index (κ2) is 8.20. The molecule has 4 rings (SSSR count). The lowest BCUT2D eigenvalue weighted by Crippen LogP contribution is -2.31. The molecule has 2 heterocycles. The molecule has 0 aliphatic carbocycles. The van der Waals surface area contributed by atoms with E-state index in [0.29, 0.717) is 10.6 Å². The number of carbonyl (C=O) groups is 1. The summed E-state index contributed by atoms with van der Waals surface area (Å²) in [5.41, 5.74) is 3.66. The number of anilines is 1. The highest BCUT2D eigenvalue weighted by molar-refractivity contribution is 8.19. The maximum Gasteiger partial charge on any atom is 0.284 e. The van der Waals surface area contributed by atoms with Gasteiger partial charge in [-0.15, -0.1) is 11.0 Å². The lowest BCUT2D eigenvalue weighted by molar-refractivity contribution is -0.121. The molecular weight excluding hydrogens is 430 g/mol. The smallest absolute Gasteiger partial charge is 0.284 e. The number of thioether (sulfide) groups is 1. The Labute approximate surface area is 186 Å². The van der Waals surface area contributed by atoms with Crippen molar-refractivity contribution in [3.05, 3.63) is 89.0 Å². The van der Waals surface area contributed by atoms with Gasteiger partial charge in [-0.05, 0) is 48.5 Å². The summed E-state index contributed by atoms with van der Waals surface area (Å²) in [5.74, 6) is -0.298. The van der Waals surface area contributed by atoms with Crippen LogP contribution in [0.3, 0.4) is 0 Å². The van der Waals surface area contributed by atoms with Crippen LogP contribution in [0.5, 0.6) is 0 Å². The van der Waals surface area contributed by atoms with Crippen molar-refractivity contribution in [2.45, 2.75) is 11.8 Å². The van der Waals surface area contributed by atoms with Crippen molar-refractivity contribution in [1.29, 1.82) is 0 Å². The second-order valence-electron chi connectivity index (χ2n) is 7.13. The van der Waals surface area contributed by atoms with Gasteiger partial charge in [0, 0.05) is 19.3 Å². The van der Waals surface area contributed by atoms with Crippen LogP contribution in [0, 0.1) is 6.92 Å². The van der Waals surface area contributed by atoms with E-state index in [0.717, 1.165) is 28.6 Å². The van der Waals surface area contributed by atoms with Crippen LogP contribution in [0.1, 0.15) is 11.1 Å². The molecule has 8 heteroatoms. The molecule has 2 aromatic carbocycles. The number of rotatable bonds is 4. The third kappa shape index (κ3) is 3.96. The Morgan fingerprint density at radius 3 is 2.52 bits per heavy atom. The van der Waals surface area contributed by atoms with E-state index in [4.69, 9.17) is 0 Å². The summed E-state index contributed by atoms with van der Waals surface area (Å²) in [5, 5.41) is 0.119. The van der Waals surface area contributed by atoms with Crippen molar-refractivity contribution >= 4 is 44.6 Å². The monoisotopic (exact) mass is 451 g/mol. The van der Waals surface area contributed by atoms with Gasteiger partial charge in [0.1, 0.15) is 4.91 Å². The van der Waals surface area contributed by atoms with Gasteiger partial charge in [0.2, 0.25) is 0 Å². The topological polar surface area (TPSA) is 70.1 Å². The number of carbonyl (C=O) groups excluding carboxylic acids is 1. The number of fused-ring (bicyclic) bond motifs is 1. The highest BCUT2D eigenvalue weighted by Crippen LogP contribution is 2.39. The zero-order valence-corrected chi connectivity index (χ0v) is 18.8. The number of hydrogen-bond donors (Lipinski definition) is 0. The molecule has 0 bridgehead atoms. The van der Waals surface area contributed by atoms with Gasteiger partial charge in [0.05, 0.1) is 10.6 Å².